The summed E-state index contributed by atoms with van der Waals surface area (Å²) in [6.07, 6.45) is 0.150. The van der Waals surface area contributed by atoms with Crippen LogP contribution in [0.1, 0.15) is 44.8 Å². The molecule has 1 aromatic carbocycles. The molecule has 2 aromatic rings. The molecule has 1 aromatic heterocycles. The zero-order valence-corrected chi connectivity index (χ0v) is 17.0. The third kappa shape index (κ3) is 5.11. The molecule has 27 heavy (non-hydrogen) atoms. The highest BCUT2D eigenvalue weighted by molar-refractivity contribution is 7.09. The van der Waals surface area contributed by atoms with Crippen molar-refractivity contribution in [1.29, 1.82) is 0 Å². The summed E-state index contributed by atoms with van der Waals surface area (Å²) in [5.74, 6) is -0.956. The number of esters is 1. The molecule has 2 rings (SSSR count). The van der Waals surface area contributed by atoms with E-state index < -0.39 is 5.97 Å². The second kappa shape index (κ2) is 9.05. The van der Waals surface area contributed by atoms with Gasteiger partial charge < -0.3 is 19.9 Å². The van der Waals surface area contributed by atoms with Gasteiger partial charge in [0.05, 0.1) is 28.8 Å². The maximum absolute atomic E-state index is 12.0. The van der Waals surface area contributed by atoms with Gasteiger partial charge in [0.1, 0.15) is 5.69 Å². The second-order valence-corrected chi connectivity index (χ2v) is 7.39. The number of aromatic hydroxyl groups is 1. The van der Waals surface area contributed by atoms with E-state index in [1.54, 1.807) is 19.2 Å². The molecule has 1 atom stereocenters. The summed E-state index contributed by atoms with van der Waals surface area (Å²) in [5.41, 5.74) is 0.882. The molecule has 146 valence electrons. The van der Waals surface area contributed by atoms with Gasteiger partial charge in [-0.1, -0.05) is 11.6 Å². The number of phenolic OH excluding ortho intramolecular Hbond substituents is 1. The first-order valence-corrected chi connectivity index (χ1v) is 9.47. The fraction of sp³-hybridized carbons (Fsp3) is 0.389. The van der Waals surface area contributed by atoms with Gasteiger partial charge in [0.25, 0.3) is 5.91 Å². The van der Waals surface area contributed by atoms with Crippen LogP contribution in [0.3, 0.4) is 0 Å². The number of methoxy groups -OCH3 is 1. The predicted octanol–water partition coefficient (Wildman–Crippen LogP) is 3.49. The number of rotatable bonds is 7. The van der Waals surface area contributed by atoms with E-state index in [0.29, 0.717) is 24.2 Å². The van der Waals surface area contributed by atoms with E-state index in [1.165, 1.54) is 24.5 Å². The van der Waals surface area contributed by atoms with Crippen LogP contribution in [0.2, 0.25) is 5.02 Å². The number of halogens is 1. The molecular formula is C18H21ClN2O5S. The first-order valence-electron chi connectivity index (χ1n) is 8.22. The van der Waals surface area contributed by atoms with Crippen molar-refractivity contribution in [3.05, 3.63) is 38.3 Å². The van der Waals surface area contributed by atoms with E-state index in [0.717, 1.165) is 5.01 Å². The lowest BCUT2D eigenvalue weighted by Gasteiger charge is -2.19. The summed E-state index contributed by atoms with van der Waals surface area (Å²) in [7, 11) is 1.25. The van der Waals surface area contributed by atoms with E-state index in [2.05, 4.69) is 15.0 Å². The van der Waals surface area contributed by atoms with Gasteiger partial charge in [-0.05, 0) is 26.8 Å². The SMILES string of the molecule is COC(=O)c1cc(Cl)c(OC(C)CCNC(=O)c2csc(C)n2)c(O)c1C. The van der Waals surface area contributed by atoms with E-state index in [1.807, 2.05) is 6.92 Å². The third-order valence-electron chi connectivity index (χ3n) is 3.87. The lowest BCUT2D eigenvalue weighted by Crippen LogP contribution is -2.28. The van der Waals surface area contributed by atoms with Crippen molar-refractivity contribution in [3.63, 3.8) is 0 Å². The number of carbonyl (C=O) groups excluding carboxylic acids is 2. The number of aromatic nitrogens is 1. The summed E-state index contributed by atoms with van der Waals surface area (Å²) < 4.78 is 10.4. The maximum atomic E-state index is 12.0. The van der Waals surface area contributed by atoms with Crippen LogP contribution in [0, 0.1) is 13.8 Å². The van der Waals surface area contributed by atoms with Crippen molar-refractivity contribution in [2.75, 3.05) is 13.7 Å². The van der Waals surface area contributed by atoms with E-state index >= 15 is 0 Å². The van der Waals surface area contributed by atoms with Gasteiger partial charge in [0.2, 0.25) is 0 Å². The minimum atomic E-state index is -0.593. The molecule has 0 bridgehead atoms. The van der Waals surface area contributed by atoms with E-state index in [9.17, 15) is 14.7 Å². The Bertz CT molecular complexity index is 853. The molecule has 0 radical (unpaired) electrons. The van der Waals surface area contributed by atoms with Crippen molar-refractivity contribution in [1.82, 2.24) is 10.3 Å². The predicted molar refractivity (Wildman–Crippen MR) is 103 cm³/mol. The highest BCUT2D eigenvalue weighted by Gasteiger charge is 2.21. The van der Waals surface area contributed by atoms with Crippen LogP contribution in [0.4, 0.5) is 0 Å². The van der Waals surface area contributed by atoms with Gasteiger partial charge in [0, 0.05) is 23.9 Å². The minimum absolute atomic E-state index is 0.0933. The summed E-state index contributed by atoms with van der Waals surface area (Å²) in [5, 5.41) is 15.7. The number of thiazole rings is 1. The Balaban J connectivity index is 1.97. The molecule has 0 saturated heterocycles. The first kappa shape index (κ1) is 21.0. The fourth-order valence-electron chi connectivity index (χ4n) is 2.35. The van der Waals surface area contributed by atoms with Crippen LogP contribution in [-0.4, -0.2) is 41.7 Å². The molecule has 0 fully saturated rings. The highest BCUT2D eigenvalue weighted by atomic mass is 35.5. The second-order valence-electron chi connectivity index (χ2n) is 5.93. The van der Waals surface area contributed by atoms with Crippen molar-refractivity contribution >= 4 is 34.8 Å². The minimum Gasteiger partial charge on any atom is -0.504 e. The molecule has 0 aliphatic heterocycles. The number of nitrogens with zero attached hydrogens (tertiary/aromatic N) is 1. The zero-order valence-electron chi connectivity index (χ0n) is 15.5. The Morgan fingerprint density at radius 2 is 2.11 bits per heavy atom. The third-order valence-corrected chi connectivity index (χ3v) is 4.93. The van der Waals surface area contributed by atoms with E-state index in [4.69, 9.17) is 16.3 Å². The molecule has 0 spiro atoms. The zero-order chi connectivity index (χ0) is 20.1. The number of nitrogens with one attached hydrogen (secondary N) is 1. The number of ether oxygens (including phenoxy) is 2. The van der Waals surface area contributed by atoms with Gasteiger partial charge in [-0.25, -0.2) is 9.78 Å². The molecule has 1 heterocycles. The molecule has 1 unspecified atom stereocenters. The van der Waals surface area contributed by atoms with Gasteiger partial charge in [-0.3, -0.25) is 4.79 Å². The summed E-state index contributed by atoms with van der Waals surface area (Å²) in [4.78, 5) is 27.8. The molecule has 0 aliphatic carbocycles. The van der Waals surface area contributed by atoms with Gasteiger partial charge in [0.15, 0.2) is 11.5 Å². The normalized spacial score (nSPS) is 11.7. The fourth-order valence-corrected chi connectivity index (χ4v) is 3.19. The van der Waals surface area contributed by atoms with E-state index in [-0.39, 0.29) is 34.1 Å². The summed E-state index contributed by atoms with van der Waals surface area (Å²) >= 11 is 7.56. The number of hydrogen-bond acceptors (Lipinski definition) is 7. The highest BCUT2D eigenvalue weighted by Crippen LogP contribution is 2.40. The number of carbonyl (C=O) groups is 2. The quantitative estimate of drug-likeness (QED) is 0.675. The van der Waals surface area contributed by atoms with Crippen LogP contribution in [-0.2, 0) is 4.74 Å². The van der Waals surface area contributed by atoms with Crippen LogP contribution >= 0.6 is 22.9 Å². The van der Waals surface area contributed by atoms with Crippen molar-refractivity contribution in [2.45, 2.75) is 33.3 Å². The molecule has 1 amide bonds. The van der Waals surface area contributed by atoms with Crippen molar-refractivity contribution < 1.29 is 24.2 Å². The molecule has 9 heteroatoms. The number of aryl methyl sites for hydroxylation is 1. The molecular weight excluding hydrogens is 392 g/mol. The largest absolute Gasteiger partial charge is 0.504 e. The monoisotopic (exact) mass is 412 g/mol. The number of benzene rings is 1. The lowest BCUT2D eigenvalue weighted by atomic mass is 10.1. The summed E-state index contributed by atoms with van der Waals surface area (Å²) in [6, 6.07) is 1.40. The average Bonchev–Trinajstić information content (AvgIpc) is 3.07. The Morgan fingerprint density at radius 1 is 1.41 bits per heavy atom. The first-order chi connectivity index (χ1) is 12.7. The lowest BCUT2D eigenvalue weighted by molar-refractivity contribution is 0.0599. The Labute approximate surface area is 166 Å². The molecule has 0 aliphatic rings. The van der Waals surface area contributed by atoms with Gasteiger partial charge in [-0.2, -0.15) is 0 Å². The number of amides is 1. The average molecular weight is 413 g/mol. The Kier molecular flexibility index (Phi) is 7.04. The molecule has 0 saturated carbocycles. The Hall–Kier alpha value is -2.32. The topological polar surface area (TPSA) is 97.8 Å². The molecule has 2 N–H and O–H groups in total. The van der Waals surface area contributed by atoms with Crippen molar-refractivity contribution in [3.8, 4) is 11.5 Å². The maximum Gasteiger partial charge on any atom is 0.338 e. The van der Waals surface area contributed by atoms with Crippen molar-refractivity contribution in [2.24, 2.45) is 0 Å². The standard InChI is InChI=1S/C18H21ClN2O5S/c1-9(5-6-20-17(23)14-8-27-11(3)21-14)26-16-13(19)7-12(18(24)25-4)10(2)15(16)22/h7-9,22H,5-6H2,1-4H3,(H,20,23). The van der Waals surface area contributed by atoms with Crippen LogP contribution in [0.25, 0.3) is 0 Å². The van der Waals surface area contributed by atoms with Gasteiger partial charge in [-0.15, -0.1) is 11.3 Å². The summed E-state index contributed by atoms with van der Waals surface area (Å²) in [6.45, 7) is 5.57. The number of hydrogen-bond donors (Lipinski definition) is 2. The van der Waals surface area contributed by atoms with Crippen LogP contribution in [0.15, 0.2) is 11.4 Å². The van der Waals surface area contributed by atoms with Gasteiger partial charge >= 0.3 is 5.97 Å². The van der Waals surface area contributed by atoms with Crippen LogP contribution in [0.5, 0.6) is 11.5 Å². The molecule has 7 nitrogen and oxygen atoms in total. The Morgan fingerprint density at radius 3 is 2.70 bits per heavy atom. The van der Waals surface area contributed by atoms with Crippen LogP contribution < -0.4 is 10.1 Å². The smallest absolute Gasteiger partial charge is 0.338 e. The number of phenols is 1.